The number of carbonyl (C=O) groups is 1. The second-order valence-corrected chi connectivity index (χ2v) is 5.30. The SMILES string of the molecule is CSc1nc(=O)[nH]c(C)c1C(=O)NOC1CCCC1. The van der Waals surface area contributed by atoms with Gasteiger partial charge in [-0.15, -0.1) is 11.8 Å². The molecule has 19 heavy (non-hydrogen) atoms. The third kappa shape index (κ3) is 3.36. The van der Waals surface area contributed by atoms with Crippen molar-refractivity contribution < 1.29 is 9.63 Å². The van der Waals surface area contributed by atoms with Crippen LogP contribution in [0.5, 0.6) is 0 Å². The van der Waals surface area contributed by atoms with Crippen molar-refractivity contribution in [2.24, 2.45) is 0 Å². The van der Waals surface area contributed by atoms with Crippen LogP contribution in [0.4, 0.5) is 0 Å². The van der Waals surface area contributed by atoms with Gasteiger partial charge in [0, 0.05) is 5.69 Å². The Balaban J connectivity index is 2.11. The fraction of sp³-hybridized carbons (Fsp3) is 0.583. The third-order valence-electron chi connectivity index (χ3n) is 3.13. The number of rotatable bonds is 4. The molecule has 1 aromatic rings. The maximum Gasteiger partial charge on any atom is 0.346 e. The summed E-state index contributed by atoms with van der Waals surface area (Å²) in [6, 6.07) is 0. The van der Waals surface area contributed by atoms with Crippen molar-refractivity contribution in [2.75, 3.05) is 6.26 Å². The highest BCUT2D eigenvalue weighted by Crippen LogP contribution is 2.21. The van der Waals surface area contributed by atoms with Gasteiger partial charge in [0.1, 0.15) is 5.03 Å². The number of hydrogen-bond donors (Lipinski definition) is 2. The molecule has 0 aliphatic heterocycles. The molecule has 1 saturated carbocycles. The molecule has 1 aliphatic rings. The lowest BCUT2D eigenvalue weighted by Gasteiger charge is -2.13. The molecule has 1 amide bonds. The Labute approximate surface area is 115 Å². The van der Waals surface area contributed by atoms with E-state index in [9.17, 15) is 9.59 Å². The zero-order valence-corrected chi connectivity index (χ0v) is 11.8. The minimum absolute atomic E-state index is 0.0951. The van der Waals surface area contributed by atoms with Crippen LogP contribution in [0, 0.1) is 6.92 Å². The molecule has 1 aliphatic carbocycles. The van der Waals surface area contributed by atoms with E-state index < -0.39 is 5.69 Å². The summed E-state index contributed by atoms with van der Waals surface area (Å²) in [6.07, 6.45) is 6.08. The van der Waals surface area contributed by atoms with Gasteiger partial charge in [-0.25, -0.2) is 10.3 Å². The number of carbonyl (C=O) groups excluding carboxylic acids is 1. The van der Waals surface area contributed by atoms with Crippen LogP contribution in [0.3, 0.4) is 0 Å². The number of amides is 1. The molecule has 0 unspecified atom stereocenters. The molecule has 1 heterocycles. The smallest absolute Gasteiger partial charge is 0.309 e. The molecule has 6 nitrogen and oxygen atoms in total. The first-order valence-corrected chi connectivity index (χ1v) is 7.45. The van der Waals surface area contributed by atoms with Gasteiger partial charge in [-0.2, -0.15) is 4.98 Å². The van der Waals surface area contributed by atoms with E-state index in [2.05, 4.69) is 15.4 Å². The van der Waals surface area contributed by atoms with E-state index in [0.29, 0.717) is 16.3 Å². The molecule has 2 rings (SSSR count). The average molecular weight is 283 g/mol. The molecule has 1 aromatic heterocycles. The maximum absolute atomic E-state index is 12.1. The van der Waals surface area contributed by atoms with Crippen molar-refractivity contribution in [3.63, 3.8) is 0 Å². The molecule has 0 bridgehead atoms. The van der Waals surface area contributed by atoms with Crippen molar-refractivity contribution >= 4 is 17.7 Å². The average Bonchev–Trinajstić information content (AvgIpc) is 2.88. The Morgan fingerprint density at radius 1 is 1.47 bits per heavy atom. The summed E-state index contributed by atoms with van der Waals surface area (Å²) in [5, 5.41) is 0.411. The molecule has 0 radical (unpaired) electrons. The summed E-state index contributed by atoms with van der Waals surface area (Å²) in [7, 11) is 0. The van der Waals surface area contributed by atoms with Crippen LogP contribution in [0.25, 0.3) is 0 Å². The molecule has 0 spiro atoms. The highest BCUT2D eigenvalue weighted by Gasteiger charge is 2.20. The number of nitrogens with one attached hydrogen (secondary N) is 2. The van der Waals surface area contributed by atoms with Crippen molar-refractivity contribution in [2.45, 2.75) is 43.7 Å². The van der Waals surface area contributed by atoms with E-state index in [4.69, 9.17) is 4.84 Å². The number of H-pyrrole nitrogens is 1. The highest BCUT2D eigenvalue weighted by atomic mass is 32.2. The zero-order chi connectivity index (χ0) is 13.8. The first-order chi connectivity index (χ1) is 9.11. The lowest BCUT2D eigenvalue weighted by Crippen LogP contribution is -2.31. The minimum Gasteiger partial charge on any atom is -0.309 e. The van der Waals surface area contributed by atoms with E-state index >= 15 is 0 Å². The molecule has 0 saturated heterocycles. The lowest BCUT2D eigenvalue weighted by molar-refractivity contribution is -0.0127. The van der Waals surface area contributed by atoms with Crippen LogP contribution in [0.1, 0.15) is 41.7 Å². The van der Waals surface area contributed by atoms with Gasteiger partial charge < -0.3 is 4.98 Å². The predicted octanol–water partition coefficient (Wildman–Crippen LogP) is 1.40. The van der Waals surface area contributed by atoms with Gasteiger partial charge in [-0.3, -0.25) is 9.63 Å². The fourth-order valence-electron chi connectivity index (χ4n) is 2.17. The molecule has 0 aromatic carbocycles. The second-order valence-electron chi connectivity index (χ2n) is 4.51. The van der Waals surface area contributed by atoms with E-state index in [0.717, 1.165) is 25.7 Å². The maximum atomic E-state index is 12.1. The molecule has 104 valence electrons. The van der Waals surface area contributed by atoms with E-state index in [1.807, 2.05) is 0 Å². The summed E-state index contributed by atoms with van der Waals surface area (Å²) in [4.78, 5) is 35.1. The Morgan fingerprint density at radius 2 is 2.16 bits per heavy atom. The molecule has 2 N–H and O–H groups in total. The number of hydroxylamine groups is 1. The quantitative estimate of drug-likeness (QED) is 0.496. The monoisotopic (exact) mass is 283 g/mol. The predicted molar refractivity (Wildman–Crippen MR) is 72.2 cm³/mol. The third-order valence-corrected chi connectivity index (χ3v) is 3.81. The first-order valence-electron chi connectivity index (χ1n) is 6.22. The highest BCUT2D eigenvalue weighted by molar-refractivity contribution is 7.98. The molecule has 0 atom stereocenters. The summed E-state index contributed by atoms with van der Waals surface area (Å²) in [5.74, 6) is -0.363. The van der Waals surface area contributed by atoms with Crippen molar-refractivity contribution in [3.8, 4) is 0 Å². The van der Waals surface area contributed by atoms with Gasteiger partial charge in [0.25, 0.3) is 5.91 Å². The largest absolute Gasteiger partial charge is 0.346 e. The van der Waals surface area contributed by atoms with E-state index in [1.54, 1.807) is 13.2 Å². The summed E-state index contributed by atoms with van der Waals surface area (Å²) < 4.78 is 0. The van der Waals surface area contributed by atoms with Crippen LogP contribution in [0.2, 0.25) is 0 Å². The van der Waals surface area contributed by atoms with Gasteiger partial charge in [0.2, 0.25) is 0 Å². The van der Waals surface area contributed by atoms with Crippen LogP contribution in [0.15, 0.2) is 9.82 Å². The van der Waals surface area contributed by atoms with Gasteiger partial charge >= 0.3 is 5.69 Å². The van der Waals surface area contributed by atoms with Gasteiger partial charge in [-0.1, -0.05) is 12.8 Å². The van der Waals surface area contributed by atoms with Crippen molar-refractivity contribution in [3.05, 3.63) is 21.7 Å². The molecular weight excluding hydrogens is 266 g/mol. The number of thioether (sulfide) groups is 1. The number of aromatic nitrogens is 2. The Bertz CT molecular complexity index is 523. The fourth-order valence-corrected chi connectivity index (χ4v) is 2.79. The number of hydrogen-bond acceptors (Lipinski definition) is 5. The van der Waals surface area contributed by atoms with E-state index in [1.165, 1.54) is 11.8 Å². The molecule has 1 fully saturated rings. The van der Waals surface area contributed by atoms with Crippen LogP contribution < -0.4 is 11.2 Å². The lowest BCUT2D eigenvalue weighted by atomic mass is 10.2. The summed E-state index contributed by atoms with van der Waals surface area (Å²) in [6.45, 7) is 1.67. The number of aromatic amines is 1. The summed E-state index contributed by atoms with van der Waals surface area (Å²) >= 11 is 1.26. The Hall–Kier alpha value is -1.34. The summed E-state index contributed by atoms with van der Waals surface area (Å²) in [5.41, 5.74) is 2.88. The van der Waals surface area contributed by atoms with Gasteiger partial charge in [-0.05, 0) is 26.0 Å². The number of aryl methyl sites for hydroxylation is 1. The Kier molecular flexibility index (Phi) is 4.60. The van der Waals surface area contributed by atoms with Crippen LogP contribution in [-0.4, -0.2) is 28.2 Å². The standard InChI is InChI=1S/C12H17N3O3S/c1-7-9(11(19-2)14-12(17)13-7)10(16)15-18-8-5-3-4-6-8/h8H,3-6H2,1-2H3,(H,15,16)(H,13,14,17). The van der Waals surface area contributed by atoms with Crippen molar-refractivity contribution in [1.29, 1.82) is 0 Å². The van der Waals surface area contributed by atoms with Crippen LogP contribution in [-0.2, 0) is 4.84 Å². The van der Waals surface area contributed by atoms with Gasteiger partial charge in [0.05, 0.1) is 11.7 Å². The topological polar surface area (TPSA) is 84.1 Å². The minimum atomic E-state index is -0.449. The zero-order valence-electron chi connectivity index (χ0n) is 11.0. The first kappa shape index (κ1) is 14.1. The van der Waals surface area contributed by atoms with Gasteiger partial charge in [0.15, 0.2) is 0 Å². The Morgan fingerprint density at radius 3 is 2.79 bits per heavy atom. The second kappa shape index (κ2) is 6.21. The van der Waals surface area contributed by atoms with Crippen LogP contribution >= 0.6 is 11.8 Å². The van der Waals surface area contributed by atoms with E-state index in [-0.39, 0.29) is 12.0 Å². The normalized spacial score (nSPS) is 15.7. The molecule has 7 heteroatoms. The molecular formula is C12H17N3O3S. The number of nitrogens with zero attached hydrogens (tertiary/aromatic N) is 1. The van der Waals surface area contributed by atoms with Crippen molar-refractivity contribution in [1.82, 2.24) is 15.4 Å².